The zero-order valence-corrected chi connectivity index (χ0v) is 9.07. The number of carbonyl (C=O) groups is 2. The van der Waals surface area contributed by atoms with Crippen LogP contribution >= 0.6 is 0 Å². The molecule has 1 saturated carbocycles. The molecule has 0 aromatic carbocycles. The number of hydrogen-bond donors (Lipinski definition) is 1. The molecule has 1 fully saturated rings. The number of Topliss-reactive ketones (excluding diaryl/α,β-unsaturated/α-hetero) is 1. The molecule has 1 heterocycles. The molecule has 0 spiro atoms. The number of carbonyl (C=O) groups excluding carboxylic acids is 2. The van der Waals surface area contributed by atoms with Gasteiger partial charge in [0.1, 0.15) is 6.54 Å². The molecule has 1 aliphatic carbocycles. The lowest BCUT2D eigenvalue weighted by Gasteiger charge is -2.02. The van der Waals surface area contributed by atoms with Gasteiger partial charge in [-0.25, -0.2) is 4.68 Å². The fraction of sp³-hybridized carbons (Fsp3) is 0.556. The Labute approximate surface area is 99.1 Å². The molecule has 1 aromatic rings. The predicted molar refractivity (Wildman–Crippen MR) is 51.6 cm³/mol. The summed E-state index contributed by atoms with van der Waals surface area (Å²) in [5.41, 5.74) is -0.818. The van der Waals surface area contributed by atoms with Crippen molar-refractivity contribution in [3.63, 3.8) is 0 Å². The fourth-order valence-corrected chi connectivity index (χ4v) is 1.27. The molecule has 6 nitrogen and oxygen atoms in total. The van der Waals surface area contributed by atoms with E-state index in [1.807, 2.05) is 0 Å². The monoisotopic (exact) mass is 262 g/mol. The molecule has 1 aliphatic rings. The van der Waals surface area contributed by atoms with Crippen molar-refractivity contribution in [3.05, 3.63) is 11.9 Å². The van der Waals surface area contributed by atoms with Crippen LogP contribution in [0.5, 0.6) is 0 Å². The number of hydrogen-bond acceptors (Lipinski definition) is 4. The predicted octanol–water partition coefficient (Wildman–Crippen LogP) is 0.302. The lowest BCUT2D eigenvalue weighted by atomic mass is 10.3. The highest BCUT2D eigenvalue weighted by atomic mass is 19.4. The molecule has 18 heavy (non-hydrogen) atoms. The van der Waals surface area contributed by atoms with Gasteiger partial charge < -0.3 is 5.32 Å². The third-order valence-electron chi connectivity index (χ3n) is 2.28. The van der Waals surface area contributed by atoms with E-state index in [0.29, 0.717) is 0 Å². The molecule has 0 radical (unpaired) electrons. The van der Waals surface area contributed by atoms with E-state index in [1.165, 1.54) is 0 Å². The van der Waals surface area contributed by atoms with E-state index in [4.69, 9.17) is 0 Å². The number of halogens is 3. The zero-order valence-electron chi connectivity index (χ0n) is 9.07. The Hall–Kier alpha value is -1.93. The van der Waals surface area contributed by atoms with Crippen molar-refractivity contribution in [2.45, 2.75) is 31.6 Å². The Morgan fingerprint density at radius 1 is 1.44 bits per heavy atom. The van der Waals surface area contributed by atoms with Crippen LogP contribution in [0.3, 0.4) is 0 Å². The van der Waals surface area contributed by atoms with Crippen LogP contribution in [-0.4, -0.2) is 38.9 Å². The Bertz CT molecular complexity index is 478. The van der Waals surface area contributed by atoms with E-state index >= 15 is 0 Å². The molecule has 0 atom stereocenters. The van der Waals surface area contributed by atoms with Gasteiger partial charge in [0.05, 0.1) is 6.20 Å². The lowest BCUT2D eigenvalue weighted by molar-refractivity contribution is -0.122. The summed E-state index contributed by atoms with van der Waals surface area (Å²) in [6, 6.07) is 0.150. The topological polar surface area (TPSA) is 76.9 Å². The zero-order chi connectivity index (χ0) is 13.3. The van der Waals surface area contributed by atoms with Crippen LogP contribution in [0.2, 0.25) is 0 Å². The largest absolute Gasteiger partial charge is 0.456 e. The van der Waals surface area contributed by atoms with Crippen LogP contribution in [0.15, 0.2) is 6.20 Å². The van der Waals surface area contributed by atoms with Crippen molar-refractivity contribution in [2.75, 3.05) is 0 Å². The molecule has 98 valence electrons. The first-order valence-corrected chi connectivity index (χ1v) is 5.17. The van der Waals surface area contributed by atoms with Gasteiger partial charge in [-0.1, -0.05) is 5.21 Å². The van der Waals surface area contributed by atoms with Crippen molar-refractivity contribution < 1.29 is 22.8 Å². The van der Waals surface area contributed by atoms with Gasteiger partial charge in [0.2, 0.25) is 5.91 Å². The van der Waals surface area contributed by atoms with Crippen molar-refractivity contribution >= 4 is 11.7 Å². The van der Waals surface area contributed by atoms with E-state index in [9.17, 15) is 22.8 Å². The minimum absolute atomic E-state index is 0.150. The van der Waals surface area contributed by atoms with Crippen molar-refractivity contribution in [3.8, 4) is 0 Å². The number of nitrogens with zero attached hydrogens (tertiary/aromatic N) is 3. The lowest BCUT2D eigenvalue weighted by Crippen LogP contribution is -2.29. The summed E-state index contributed by atoms with van der Waals surface area (Å²) < 4.78 is 37.1. The molecule has 1 N–H and O–H groups in total. The maximum Gasteiger partial charge on any atom is 0.456 e. The van der Waals surface area contributed by atoms with Gasteiger partial charge in [0.25, 0.3) is 5.78 Å². The minimum atomic E-state index is -4.99. The second-order valence-electron chi connectivity index (χ2n) is 3.97. The normalized spacial score (nSPS) is 15.5. The molecule has 0 unspecified atom stereocenters. The van der Waals surface area contributed by atoms with Crippen LogP contribution in [0, 0.1) is 0 Å². The summed E-state index contributed by atoms with van der Waals surface area (Å²) in [7, 11) is 0. The first-order valence-electron chi connectivity index (χ1n) is 5.17. The Morgan fingerprint density at radius 3 is 2.67 bits per heavy atom. The minimum Gasteiger partial charge on any atom is -0.352 e. The molecule has 0 aliphatic heterocycles. The third kappa shape index (κ3) is 3.05. The van der Waals surface area contributed by atoms with Gasteiger partial charge in [-0.15, -0.1) is 5.10 Å². The molecule has 2 rings (SSSR count). The third-order valence-corrected chi connectivity index (χ3v) is 2.28. The smallest absolute Gasteiger partial charge is 0.352 e. The highest BCUT2D eigenvalue weighted by Gasteiger charge is 2.41. The van der Waals surface area contributed by atoms with Gasteiger partial charge in [-0.3, -0.25) is 9.59 Å². The molecule has 1 amide bonds. The average Bonchev–Trinajstić information content (AvgIpc) is 2.93. The van der Waals surface area contributed by atoms with Gasteiger partial charge >= 0.3 is 6.18 Å². The molecule has 0 saturated heterocycles. The van der Waals surface area contributed by atoms with E-state index in [1.54, 1.807) is 0 Å². The average molecular weight is 262 g/mol. The summed E-state index contributed by atoms with van der Waals surface area (Å²) in [5.74, 6) is -2.44. The number of amides is 1. The quantitative estimate of drug-likeness (QED) is 0.792. The first-order chi connectivity index (χ1) is 8.36. The van der Waals surface area contributed by atoms with Gasteiger partial charge in [0, 0.05) is 6.04 Å². The highest BCUT2D eigenvalue weighted by molar-refractivity contribution is 5.98. The van der Waals surface area contributed by atoms with Crippen molar-refractivity contribution in [2.24, 2.45) is 0 Å². The fourth-order valence-electron chi connectivity index (χ4n) is 1.27. The number of nitrogens with one attached hydrogen (secondary N) is 1. The van der Waals surface area contributed by atoms with Crippen molar-refractivity contribution in [1.29, 1.82) is 0 Å². The van der Waals surface area contributed by atoms with E-state index in [0.717, 1.165) is 23.7 Å². The molecule has 0 bridgehead atoms. The molecule has 9 heteroatoms. The number of aromatic nitrogens is 3. The van der Waals surface area contributed by atoms with Gasteiger partial charge in [-0.2, -0.15) is 13.2 Å². The van der Waals surface area contributed by atoms with Crippen LogP contribution < -0.4 is 5.32 Å². The Balaban J connectivity index is 1.97. The maximum absolute atomic E-state index is 12.1. The number of rotatable bonds is 4. The summed E-state index contributed by atoms with van der Waals surface area (Å²) in [5, 5.41) is 9.03. The highest BCUT2D eigenvalue weighted by Crippen LogP contribution is 2.20. The van der Waals surface area contributed by atoms with Crippen LogP contribution in [-0.2, 0) is 11.3 Å². The van der Waals surface area contributed by atoms with E-state index in [2.05, 4.69) is 15.6 Å². The van der Waals surface area contributed by atoms with E-state index < -0.39 is 17.7 Å². The van der Waals surface area contributed by atoms with Crippen LogP contribution in [0.1, 0.15) is 23.3 Å². The molecule has 1 aromatic heterocycles. The molecular weight excluding hydrogens is 253 g/mol. The van der Waals surface area contributed by atoms with Crippen LogP contribution in [0.4, 0.5) is 13.2 Å². The Kier molecular flexibility index (Phi) is 3.05. The SMILES string of the molecule is O=C(Cn1cc(C(=O)C(F)(F)F)nn1)NC1CC1. The maximum atomic E-state index is 12.1. The molecular formula is C9H9F3N4O2. The summed E-state index contributed by atoms with van der Waals surface area (Å²) in [4.78, 5) is 22.1. The second kappa shape index (κ2) is 4.39. The number of alkyl halides is 3. The second-order valence-corrected chi connectivity index (χ2v) is 3.97. The van der Waals surface area contributed by atoms with Gasteiger partial charge in [-0.05, 0) is 12.8 Å². The summed E-state index contributed by atoms with van der Waals surface area (Å²) >= 11 is 0. The Morgan fingerprint density at radius 2 is 2.11 bits per heavy atom. The first kappa shape index (κ1) is 12.5. The van der Waals surface area contributed by atoms with Crippen LogP contribution in [0.25, 0.3) is 0 Å². The van der Waals surface area contributed by atoms with Crippen molar-refractivity contribution in [1.82, 2.24) is 20.3 Å². The summed E-state index contributed by atoms with van der Waals surface area (Å²) in [6.07, 6.45) is -2.37. The number of ketones is 1. The standard InChI is InChI=1S/C9H9F3N4O2/c10-9(11,12)8(18)6-3-16(15-14-6)4-7(17)13-5-1-2-5/h3,5H,1-2,4H2,(H,13,17). The van der Waals surface area contributed by atoms with Gasteiger partial charge in [0.15, 0.2) is 5.69 Å². The van der Waals surface area contributed by atoms with E-state index in [-0.39, 0.29) is 18.5 Å². The summed E-state index contributed by atoms with van der Waals surface area (Å²) in [6.45, 7) is -0.255.